The van der Waals surface area contributed by atoms with E-state index in [0.29, 0.717) is 17.9 Å². The lowest BCUT2D eigenvalue weighted by molar-refractivity contribution is -0.140. The number of hydrogen-bond donors (Lipinski definition) is 1. The predicted molar refractivity (Wildman–Crippen MR) is 140 cm³/mol. The van der Waals surface area contributed by atoms with Crippen LogP contribution in [0.2, 0.25) is 0 Å². The van der Waals surface area contributed by atoms with Crippen molar-refractivity contribution in [1.29, 1.82) is 0 Å². The summed E-state index contributed by atoms with van der Waals surface area (Å²) in [6.07, 6.45) is 0.741. The number of carbonyl (C=O) groups excluding carboxylic acids is 2. The number of rotatable bonds is 9. The van der Waals surface area contributed by atoms with Crippen LogP contribution in [-0.4, -0.2) is 59.9 Å². The summed E-state index contributed by atoms with van der Waals surface area (Å²) in [7, 11) is 1.55. The number of benzene rings is 2. The van der Waals surface area contributed by atoms with Gasteiger partial charge >= 0.3 is 0 Å². The molecule has 1 aliphatic rings. The molecule has 188 valence electrons. The zero-order valence-corrected chi connectivity index (χ0v) is 21.8. The fourth-order valence-electron chi connectivity index (χ4n) is 4.55. The molecule has 0 bridgehead atoms. The Kier molecular flexibility index (Phi) is 8.39. The molecule has 6 nitrogen and oxygen atoms in total. The van der Waals surface area contributed by atoms with Crippen LogP contribution in [0.5, 0.6) is 5.75 Å². The van der Waals surface area contributed by atoms with Crippen LogP contribution in [0, 0.1) is 0 Å². The summed E-state index contributed by atoms with van der Waals surface area (Å²) >= 11 is 0. The van der Waals surface area contributed by atoms with Gasteiger partial charge in [0, 0.05) is 12.1 Å². The lowest BCUT2D eigenvalue weighted by atomic mass is 9.85. The molecule has 0 aromatic heterocycles. The number of aliphatic hydroxyl groups is 1. The number of methoxy groups -OCH3 is 1. The number of nitrogens with zero attached hydrogens (tertiary/aromatic N) is 2. The molecule has 0 radical (unpaired) electrons. The molecule has 1 amide bonds. The van der Waals surface area contributed by atoms with Crippen molar-refractivity contribution >= 4 is 17.4 Å². The van der Waals surface area contributed by atoms with Crippen LogP contribution in [0.1, 0.15) is 63.8 Å². The van der Waals surface area contributed by atoms with Gasteiger partial charge in [0.2, 0.25) is 0 Å². The Bertz CT molecular complexity index is 1080. The standard InChI is InChI=1S/C29H38N2O4/c1-7-30(8-2)17-10-18-31-25(20-13-15-22(16-14-20)29(3,4)5)24(27(33)28(31)34)26(32)21-11-9-12-23(19-21)35-6/h9,11-16,19,25,32H,7-8,10,17-18H2,1-6H3/b26-24+/t25-/m1/s1. The molecule has 1 aliphatic heterocycles. The fourth-order valence-corrected chi connectivity index (χ4v) is 4.55. The van der Waals surface area contributed by atoms with E-state index in [2.05, 4.69) is 39.5 Å². The number of hydrogen-bond acceptors (Lipinski definition) is 5. The summed E-state index contributed by atoms with van der Waals surface area (Å²) in [6, 6.07) is 14.3. The van der Waals surface area contributed by atoms with Gasteiger partial charge in [-0.2, -0.15) is 0 Å². The van der Waals surface area contributed by atoms with E-state index in [1.165, 1.54) is 0 Å². The molecular formula is C29H38N2O4. The number of ether oxygens (including phenoxy) is 1. The molecule has 3 rings (SSSR count). The maximum Gasteiger partial charge on any atom is 0.295 e. The third-order valence-corrected chi connectivity index (χ3v) is 6.74. The first-order valence-corrected chi connectivity index (χ1v) is 12.4. The van der Waals surface area contributed by atoms with Crippen LogP contribution < -0.4 is 4.74 Å². The van der Waals surface area contributed by atoms with E-state index in [0.717, 1.165) is 37.2 Å². The monoisotopic (exact) mass is 478 g/mol. The zero-order chi connectivity index (χ0) is 25.8. The first-order chi connectivity index (χ1) is 16.6. The van der Waals surface area contributed by atoms with Crippen molar-refractivity contribution in [2.45, 2.75) is 52.5 Å². The van der Waals surface area contributed by atoms with Crippen LogP contribution in [-0.2, 0) is 15.0 Å². The second-order valence-electron chi connectivity index (χ2n) is 9.98. The van der Waals surface area contributed by atoms with Gasteiger partial charge in [0.05, 0.1) is 18.7 Å². The Hall–Kier alpha value is -3.12. The molecule has 6 heteroatoms. The summed E-state index contributed by atoms with van der Waals surface area (Å²) in [5.41, 5.74) is 2.51. The van der Waals surface area contributed by atoms with E-state index in [1.54, 1.807) is 36.3 Å². The lowest BCUT2D eigenvalue weighted by Gasteiger charge is -2.27. The minimum atomic E-state index is -0.655. The number of ketones is 1. The van der Waals surface area contributed by atoms with E-state index in [1.807, 2.05) is 24.3 Å². The summed E-state index contributed by atoms with van der Waals surface area (Å²) < 4.78 is 5.29. The zero-order valence-electron chi connectivity index (χ0n) is 21.8. The topological polar surface area (TPSA) is 70.1 Å². The molecule has 1 saturated heterocycles. The van der Waals surface area contributed by atoms with Gasteiger partial charge < -0.3 is 19.6 Å². The largest absolute Gasteiger partial charge is 0.507 e. The first-order valence-electron chi connectivity index (χ1n) is 12.4. The summed E-state index contributed by atoms with van der Waals surface area (Å²) in [5.74, 6) is -0.844. The molecule has 0 aliphatic carbocycles. The van der Waals surface area contributed by atoms with Crippen molar-refractivity contribution in [2.75, 3.05) is 33.3 Å². The van der Waals surface area contributed by atoms with E-state index >= 15 is 0 Å². The molecular weight excluding hydrogens is 440 g/mol. The number of carbonyl (C=O) groups is 2. The molecule has 1 N–H and O–H groups in total. The molecule has 0 unspecified atom stereocenters. The minimum Gasteiger partial charge on any atom is -0.507 e. The van der Waals surface area contributed by atoms with E-state index in [-0.39, 0.29) is 16.7 Å². The van der Waals surface area contributed by atoms with E-state index < -0.39 is 17.7 Å². The molecule has 2 aromatic carbocycles. The fraction of sp³-hybridized carbons (Fsp3) is 0.448. The van der Waals surface area contributed by atoms with Crippen LogP contribution >= 0.6 is 0 Å². The van der Waals surface area contributed by atoms with Crippen LogP contribution in [0.3, 0.4) is 0 Å². The predicted octanol–water partition coefficient (Wildman–Crippen LogP) is 5.15. The van der Waals surface area contributed by atoms with E-state index in [9.17, 15) is 14.7 Å². The minimum absolute atomic E-state index is 0.0231. The molecule has 1 heterocycles. The summed E-state index contributed by atoms with van der Waals surface area (Å²) in [5, 5.41) is 11.3. The van der Waals surface area contributed by atoms with Crippen LogP contribution in [0.15, 0.2) is 54.1 Å². The highest BCUT2D eigenvalue weighted by atomic mass is 16.5. The maximum atomic E-state index is 13.3. The van der Waals surface area contributed by atoms with Gasteiger partial charge in [-0.3, -0.25) is 9.59 Å². The molecule has 2 aromatic rings. The second kappa shape index (κ2) is 11.1. The molecule has 1 atom stereocenters. The van der Waals surface area contributed by atoms with Crippen molar-refractivity contribution in [3.05, 3.63) is 70.8 Å². The van der Waals surface area contributed by atoms with Crippen molar-refractivity contribution in [2.24, 2.45) is 0 Å². The number of amides is 1. The SMILES string of the molecule is CCN(CC)CCCN1C(=O)C(=O)/C(=C(/O)c2cccc(OC)c2)[C@H]1c1ccc(C(C)(C)C)cc1. The Morgan fingerprint density at radius 2 is 1.71 bits per heavy atom. The van der Waals surface area contributed by atoms with Gasteiger partial charge in [0.25, 0.3) is 11.7 Å². The van der Waals surface area contributed by atoms with Crippen molar-refractivity contribution in [3.8, 4) is 5.75 Å². The third-order valence-electron chi connectivity index (χ3n) is 6.74. The smallest absolute Gasteiger partial charge is 0.295 e. The van der Waals surface area contributed by atoms with Crippen molar-refractivity contribution in [3.63, 3.8) is 0 Å². The van der Waals surface area contributed by atoms with Gasteiger partial charge in [-0.1, -0.05) is 71.0 Å². The molecule has 0 spiro atoms. The summed E-state index contributed by atoms with van der Waals surface area (Å²) in [4.78, 5) is 30.4. The molecule has 1 fully saturated rings. The Morgan fingerprint density at radius 3 is 2.29 bits per heavy atom. The highest BCUT2D eigenvalue weighted by molar-refractivity contribution is 6.46. The third kappa shape index (κ3) is 5.76. The average molecular weight is 479 g/mol. The Labute approximate surface area is 209 Å². The number of Topliss-reactive ketones (excluding diaryl/α,β-unsaturated/α-hetero) is 1. The lowest BCUT2D eigenvalue weighted by Crippen LogP contribution is -2.33. The van der Waals surface area contributed by atoms with Gasteiger partial charge in [-0.05, 0) is 54.7 Å². The molecule has 35 heavy (non-hydrogen) atoms. The Balaban J connectivity index is 2.06. The first kappa shape index (κ1) is 26.5. The number of likely N-dealkylation sites (tertiary alicyclic amines) is 1. The maximum absolute atomic E-state index is 13.3. The van der Waals surface area contributed by atoms with Crippen molar-refractivity contribution < 1.29 is 19.4 Å². The second-order valence-corrected chi connectivity index (χ2v) is 9.98. The van der Waals surface area contributed by atoms with Gasteiger partial charge in [0.1, 0.15) is 11.5 Å². The van der Waals surface area contributed by atoms with Gasteiger partial charge in [-0.15, -0.1) is 0 Å². The van der Waals surface area contributed by atoms with Gasteiger partial charge in [0.15, 0.2) is 0 Å². The van der Waals surface area contributed by atoms with Crippen LogP contribution in [0.4, 0.5) is 0 Å². The quantitative estimate of drug-likeness (QED) is 0.307. The highest BCUT2D eigenvalue weighted by Crippen LogP contribution is 2.40. The average Bonchev–Trinajstić information content (AvgIpc) is 3.10. The number of aliphatic hydroxyl groups excluding tert-OH is 1. The van der Waals surface area contributed by atoms with Gasteiger partial charge in [-0.25, -0.2) is 0 Å². The molecule has 0 saturated carbocycles. The normalized spacial score (nSPS) is 17.9. The van der Waals surface area contributed by atoms with E-state index in [4.69, 9.17) is 4.74 Å². The Morgan fingerprint density at radius 1 is 1.06 bits per heavy atom. The highest BCUT2D eigenvalue weighted by Gasteiger charge is 2.45. The summed E-state index contributed by atoms with van der Waals surface area (Å²) in [6.45, 7) is 13.8. The van der Waals surface area contributed by atoms with Crippen molar-refractivity contribution in [1.82, 2.24) is 9.80 Å². The van der Waals surface area contributed by atoms with Crippen LogP contribution in [0.25, 0.3) is 5.76 Å².